The Labute approximate surface area is 125 Å². The third kappa shape index (κ3) is 6.16. The predicted octanol–water partition coefficient (Wildman–Crippen LogP) is 1.97. The van der Waals surface area contributed by atoms with Crippen LogP contribution in [0.1, 0.15) is 25.8 Å². The van der Waals surface area contributed by atoms with Crippen LogP contribution in [0.5, 0.6) is 11.5 Å². The van der Waals surface area contributed by atoms with E-state index in [4.69, 9.17) is 14.3 Å². The lowest BCUT2D eigenvalue weighted by molar-refractivity contribution is -0.125. The topological polar surface area (TPSA) is 69.2 Å². The summed E-state index contributed by atoms with van der Waals surface area (Å²) in [6.45, 7) is 5.01. The minimum absolute atomic E-state index is 0.0926. The van der Waals surface area contributed by atoms with Crippen LogP contribution in [0.2, 0.25) is 0 Å². The molecule has 0 aliphatic rings. The van der Waals surface area contributed by atoms with Gasteiger partial charge >= 0.3 is 0 Å². The van der Waals surface area contributed by atoms with Crippen LogP contribution in [0.4, 0.5) is 0 Å². The number of hydrogen-bond acceptors (Lipinski definition) is 5. The maximum absolute atomic E-state index is 11.3. The zero-order valence-corrected chi connectivity index (χ0v) is 12.7. The van der Waals surface area contributed by atoms with Crippen molar-refractivity contribution in [3.63, 3.8) is 0 Å². The summed E-state index contributed by atoms with van der Waals surface area (Å²) in [5.41, 5.74) is 0.796. The van der Waals surface area contributed by atoms with Gasteiger partial charge in [-0.25, -0.2) is 0 Å². The number of benzene rings is 1. The molecule has 0 atom stereocenters. The molecular formula is C15H22N2O4. The van der Waals surface area contributed by atoms with E-state index in [0.29, 0.717) is 24.7 Å². The zero-order chi connectivity index (χ0) is 15.5. The average molecular weight is 294 g/mol. The third-order valence-corrected chi connectivity index (χ3v) is 2.53. The summed E-state index contributed by atoms with van der Waals surface area (Å²) in [5.74, 6) is 1.12. The summed E-state index contributed by atoms with van der Waals surface area (Å²) in [6, 6.07) is 5.42. The first kappa shape index (κ1) is 16.8. The van der Waals surface area contributed by atoms with Crippen molar-refractivity contribution in [1.29, 1.82) is 0 Å². The highest BCUT2D eigenvalue weighted by Gasteiger charge is 2.04. The second kappa shape index (κ2) is 9.63. The zero-order valence-electron chi connectivity index (χ0n) is 12.7. The fraction of sp³-hybridized carbons (Fsp3) is 0.467. The predicted molar refractivity (Wildman–Crippen MR) is 81.0 cm³/mol. The van der Waals surface area contributed by atoms with Crippen LogP contribution in [0.15, 0.2) is 23.4 Å². The molecule has 116 valence electrons. The molecule has 0 fully saturated rings. The Morgan fingerprint density at radius 3 is 2.81 bits per heavy atom. The Hall–Kier alpha value is -2.24. The molecule has 6 nitrogen and oxygen atoms in total. The Bertz CT molecular complexity index is 475. The van der Waals surface area contributed by atoms with Crippen molar-refractivity contribution in [2.45, 2.75) is 20.3 Å². The van der Waals surface area contributed by atoms with Crippen molar-refractivity contribution in [1.82, 2.24) is 5.32 Å². The number of amides is 1. The minimum Gasteiger partial charge on any atom is -0.493 e. The lowest BCUT2D eigenvalue weighted by atomic mass is 10.2. The molecule has 0 unspecified atom stereocenters. The maximum Gasteiger partial charge on any atom is 0.260 e. The van der Waals surface area contributed by atoms with Gasteiger partial charge in [0.15, 0.2) is 18.1 Å². The summed E-state index contributed by atoms with van der Waals surface area (Å²) in [5, 5.41) is 6.45. The molecule has 0 saturated heterocycles. The van der Waals surface area contributed by atoms with Gasteiger partial charge in [-0.3, -0.25) is 4.79 Å². The number of rotatable bonds is 9. The second-order valence-corrected chi connectivity index (χ2v) is 4.20. The standard InChI is InChI=1S/C15H22N2O4/c1-4-8-16-15(18)11-21-17-10-12-6-7-13(20-5-2)14(9-12)19-3/h6-7,9-10H,4-5,8,11H2,1-3H3,(H,16,18)/b17-10-. The molecule has 21 heavy (non-hydrogen) atoms. The number of carbonyl (C=O) groups excluding carboxylic acids is 1. The van der Waals surface area contributed by atoms with E-state index in [9.17, 15) is 4.79 Å². The largest absolute Gasteiger partial charge is 0.493 e. The van der Waals surface area contributed by atoms with Gasteiger partial charge in [-0.2, -0.15) is 0 Å². The molecule has 6 heteroatoms. The lowest BCUT2D eigenvalue weighted by Crippen LogP contribution is -2.27. The SMILES string of the molecule is CCCNC(=O)CO/N=C\c1ccc(OCC)c(OC)c1. The Morgan fingerprint density at radius 2 is 2.14 bits per heavy atom. The van der Waals surface area contributed by atoms with E-state index in [1.807, 2.05) is 19.9 Å². The fourth-order valence-corrected chi connectivity index (χ4v) is 1.55. The van der Waals surface area contributed by atoms with E-state index >= 15 is 0 Å². The molecular weight excluding hydrogens is 272 g/mol. The summed E-state index contributed by atoms with van der Waals surface area (Å²) in [4.78, 5) is 16.2. The summed E-state index contributed by atoms with van der Waals surface area (Å²) in [7, 11) is 1.58. The number of oxime groups is 1. The number of nitrogens with zero attached hydrogens (tertiary/aromatic N) is 1. The molecule has 0 radical (unpaired) electrons. The smallest absolute Gasteiger partial charge is 0.260 e. The van der Waals surface area contributed by atoms with Crippen LogP contribution < -0.4 is 14.8 Å². The minimum atomic E-state index is -0.182. The van der Waals surface area contributed by atoms with Crippen LogP contribution in [-0.2, 0) is 9.63 Å². The van der Waals surface area contributed by atoms with Crippen LogP contribution in [0.25, 0.3) is 0 Å². The number of nitrogens with one attached hydrogen (secondary N) is 1. The van der Waals surface area contributed by atoms with Crippen LogP contribution in [0.3, 0.4) is 0 Å². The highest BCUT2D eigenvalue weighted by Crippen LogP contribution is 2.27. The number of methoxy groups -OCH3 is 1. The van der Waals surface area contributed by atoms with Gasteiger partial charge < -0.3 is 19.6 Å². The first-order valence-corrected chi connectivity index (χ1v) is 6.94. The molecule has 1 rings (SSSR count). The molecule has 0 aliphatic heterocycles. The van der Waals surface area contributed by atoms with Crippen molar-refractivity contribution in [3.8, 4) is 11.5 Å². The summed E-state index contributed by atoms with van der Waals surface area (Å²) in [6.07, 6.45) is 2.41. The lowest BCUT2D eigenvalue weighted by Gasteiger charge is -2.09. The van der Waals surface area contributed by atoms with Crippen LogP contribution in [-0.4, -0.2) is 39.0 Å². The molecule has 0 aromatic heterocycles. The van der Waals surface area contributed by atoms with Crippen LogP contribution in [0, 0.1) is 0 Å². The van der Waals surface area contributed by atoms with Crippen molar-refractivity contribution >= 4 is 12.1 Å². The summed E-state index contributed by atoms with van der Waals surface area (Å²) >= 11 is 0. The van der Waals surface area contributed by atoms with Crippen molar-refractivity contribution < 1.29 is 19.1 Å². The van der Waals surface area contributed by atoms with Crippen LogP contribution >= 0.6 is 0 Å². The molecule has 0 spiro atoms. The molecule has 0 bridgehead atoms. The van der Waals surface area contributed by atoms with Gasteiger partial charge in [0, 0.05) is 12.1 Å². The van der Waals surface area contributed by atoms with E-state index in [1.165, 1.54) is 6.21 Å². The van der Waals surface area contributed by atoms with Crippen molar-refractivity contribution in [3.05, 3.63) is 23.8 Å². The molecule has 1 aromatic rings. The Morgan fingerprint density at radius 1 is 1.33 bits per heavy atom. The average Bonchev–Trinajstić information content (AvgIpc) is 2.50. The monoisotopic (exact) mass is 294 g/mol. The number of carbonyl (C=O) groups is 1. The number of hydrogen-bond donors (Lipinski definition) is 1. The molecule has 0 heterocycles. The molecule has 1 aromatic carbocycles. The first-order valence-electron chi connectivity index (χ1n) is 6.94. The van der Waals surface area contributed by atoms with Gasteiger partial charge in [-0.1, -0.05) is 12.1 Å². The Kier molecular flexibility index (Phi) is 7.71. The van der Waals surface area contributed by atoms with Crippen molar-refractivity contribution in [2.24, 2.45) is 5.16 Å². The van der Waals surface area contributed by atoms with E-state index in [2.05, 4.69) is 10.5 Å². The van der Waals surface area contributed by atoms with Gasteiger partial charge in [-0.05, 0) is 31.5 Å². The van der Waals surface area contributed by atoms with E-state index < -0.39 is 0 Å². The molecule has 1 N–H and O–H groups in total. The van der Waals surface area contributed by atoms with E-state index in [1.54, 1.807) is 19.2 Å². The molecule has 0 aliphatic carbocycles. The molecule has 1 amide bonds. The van der Waals surface area contributed by atoms with Gasteiger partial charge in [-0.15, -0.1) is 0 Å². The first-order chi connectivity index (χ1) is 10.2. The van der Waals surface area contributed by atoms with Gasteiger partial charge in [0.2, 0.25) is 0 Å². The highest BCUT2D eigenvalue weighted by molar-refractivity contribution is 5.81. The van der Waals surface area contributed by atoms with Gasteiger partial charge in [0.05, 0.1) is 19.9 Å². The number of ether oxygens (including phenoxy) is 2. The van der Waals surface area contributed by atoms with Gasteiger partial charge in [0.25, 0.3) is 5.91 Å². The third-order valence-electron chi connectivity index (χ3n) is 2.53. The van der Waals surface area contributed by atoms with E-state index in [-0.39, 0.29) is 12.5 Å². The maximum atomic E-state index is 11.3. The molecule has 0 saturated carbocycles. The Balaban J connectivity index is 2.50. The van der Waals surface area contributed by atoms with E-state index in [0.717, 1.165) is 12.0 Å². The summed E-state index contributed by atoms with van der Waals surface area (Å²) < 4.78 is 10.7. The quantitative estimate of drug-likeness (QED) is 0.558. The highest BCUT2D eigenvalue weighted by atomic mass is 16.6. The second-order valence-electron chi connectivity index (χ2n) is 4.20. The van der Waals surface area contributed by atoms with Gasteiger partial charge in [0.1, 0.15) is 0 Å². The fourth-order valence-electron chi connectivity index (χ4n) is 1.55. The van der Waals surface area contributed by atoms with Crippen molar-refractivity contribution in [2.75, 3.05) is 26.9 Å². The normalized spacial score (nSPS) is 10.4.